The Hall–Kier alpha value is -2.75. The van der Waals surface area contributed by atoms with Crippen molar-refractivity contribution in [1.82, 2.24) is 14.5 Å². The van der Waals surface area contributed by atoms with Crippen molar-refractivity contribution < 1.29 is 18.0 Å². The van der Waals surface area contributed by atoms with Crippen LogP contribution in [0, 0.1) is 20.8 Å². The summed E-state index contributed by atoms with van der Waals surface area (Å²) in [4.78, 5) is 27.1. The van der Waals surface area contributed by atoms with Gasteiger partial charge in [0.05, 0.1) is 11.4 Å². The van der Waals surface area contributed by atoms with E-state index in [0.717, 1.165) is 22.4 Å². The highest BCUT2D eigenvalue weighted by Gasteiger charge is 2.28. The van der Waals surface area contributed by atoms with E-state index in [1.54, 1.807) is 0 Å². The molecular weight excluding hydrogens is 428 g/mol. The lowest BCUT2D eigenvalue weighted by molar-refractivity contribution is -0.115. The van der Waals surface area contributed by atoms with E-state index >= 15 is 0 Å². The Morgan fingerprint density at radius 2 is 1.59 bits per heavy atom. The van der Waals surface area contributed by atoms with Crippen LogP contribution in [0.25, 0.3) is 0 Å². The first-order valence-electron chi connectivity index (χ1n) is 10.5. The molecule has 2 aromatic rings. The van der Waals surface area contributed by atoms with Gasteiger partial charge < -0.3 is 15.5 Å². The number of piperazine rings is 1. The molecule has 0 bridgehead atoms. The third-order valence-corrected chi connectivity index (χ3v) is 7.44. The summed E-state index contributed by atoms with van der Waals surface area (Å²) in [7, 11) is -1.73. The second-order valence-corrected chi connectivity index (χ2v) is 10.2. The molecule has 1 fully saturated rings. The Balaban J connectivity index is 1.64. The Bertz CT molecular complexity index is 1100. The van der Waals surface area contributed by atoms with Crippen molar-refractivity contribution in [3.8, 4) is 0 Å². The molecule has 0 spiro atoms. The number of hydrogen-bond acceptors (Lipinski definition) is 5. The number of aryl methyl sites for hydroxylation is 3. The zero-order valence-electron chi connectivity index (χ0n) is 18.9. The first-order valence-corrected chi connectivity index (χ1v) is 12.0. The van der Waals surface area contributed by atoms with Gasteiger partial charge in [-0.15, -0.1) is 0 Å². The smallest absolute Gasteiger partial charge is 0.251 e. The molecule has 1 aliphatic heterocycles. The molecule has 8 nitrogen and oxygen atoms in total. The van der Waals surface area contributed by atoms with Gasteiger partial charge in [-0.25, -0.2) is 8.42 Å². The van der Waals surface area contributed by atoms with E-state index in [0.29, 0.717) is 26.2 Å². The number of carbonyl (C=O) groups excluding carboxylic acids is 2. The van der Waals surface area contributed by atoms with Gasteiger partial charge in [0.15, 0.2) is 0 Å². The summed E-state index contributed by atoms with van der Waals surface area (Å²) >= 11 is 0. The van der Waals surface area contributed by atoms with Crippen molar-refractivity contribution in [1.29, 1.82) is 0 Å². The van der Waals surface area contributed by atoms with Crippen LogP contribution in [-0.2, 0) is 14.8 Å². The second kappa shape index (κ2) is 9.81. The highest BCUT2D eigenvalue weighted by Crippen LogP contribution is 2.22. The lowest BCUT2D eigenvalue weighted by Gasteiger charge is -2.31. The third-order valence-electron chi connectivity index (χ3n) is 5.55. The maximum absolute atomic E-state index is 12.9. The number of amides is 2. The van der Waals surface area contributed by atoms with Crippen LogP contribution in [0.3, 0.4) is 0 Å². The van der Waals surface area contributed by atoms with Crippen molar-refractivity contribution in [2.45, 2.75) is 25.7 Å². The minimum absolute atomic E-state index is 0.0741. The molecule has 0 unspecified atom stereocenters. The van der Waals surface area contributed by atoms with Gasteiger partial charge in [0.1, 0.15) is 0 Å². The molecule has 0 aromatic heterocycles. The Labute approximate surface area is 189 Å². The number of anilines is 1. The van der Waals surface area contributed by atoms with E-state index in [-0.39, 0.29) is 22.9 Å². The van der Waals surface area contributed by atoms with Gasteiger partial charge in [0.25, 0.3) is 5.91 Å². The molecule has 32 heavy (non-hydrogen) atoms. The zero-order chi connectivity index (χ0) is 23.5. The maximum Gasteiger partial charge on any atom is 0.251 e. The van der Waals surface area contributed by atoms with Crippen LogP contribution in [0.4, 0.5) is 5.69 Å². The van der Waals surface area contributed by atoms with Gasteiger partial charge in [0.2, 0.25) is 15.9 Å². The summed E-state index contributed by atoms with van der Waals surface area (Å²) < 4.78 is 27.3. The standard InChI is InChI=1S/C23H30N4O4S/c1-16-12-17(2)22(18(3)13-16)25-21(28)15-24-23(29)19-6-5-7-20(14-19)32(30,31)27-10-8-26(4)9-11-27/h5-7,12-14H,8-11,15H2,1-4H3,(H,24,29)(H,25,28). The molecule has 1 heterocycles. The average Bonchev–Trinajstić information content (AvgIpc) is 2.75. The fraction of sp³-hybridized carbons (Fsp3) is 0.391. The van der Waals surface area contributed by atoms with E-state index in [1.807, 2.05) is 40.0 Å². The number of nitrogens with one attached hydrogen (secondary N) is 2. The summed E-state index contributed by atoms with van der Waals surface area (Å²) in [5.74, 6) is -0.859. The Kier molecular flexibility index (Phi) is 7.33. The molecule has 0 radical (unpaired) electrons. The van der Waals surface area contributed by atoms with Crippen molar-refractivity contribution in [2.24, 2.45) is 0 Å². The maximum atomic E-state index is 12.9. The van der Waals surface area contributed by atoms with E-state index in [2.05, 4.69) is 15.5 Å². The van der Waals surface area contributed by atoms with Crippen LogP contribution in [0.1, 0.15) is 27.0 Å². The first kappa shape index (κ1) is 23.9. The minimum Gasteiger partial charge on any atom is -0.343 e. The molecule has 2 amide bonds. The predicted molar refractivity (Wildman–Crippen MR) is 124 cm³/mol. The summed E-state index contributed by atoms with van der Waals surface area (Å²) in [6.07, 6.45) is 0. The molecule has 1 aliphatic rings. The molecule has 2 aromatic carbocycles. The van der Waals surface area contributed by atoms with Crippen LogP contribution < -0.4 is 10.6 Å². The molecule has 2 N–H and O–H groups in total. The van der Waals surface area contributed by atoms with E-state index in [1.165, 1.54) is 28.6 Å². The fourth-order valence-corrected chi connectivity index (χ4v) is 5.27. The van der Waals surface area contributed by atoms with Gasteiger partial charge in [-0.1, -0.05) is 23.8 Å². The molecule has 1 saturated heterocycles. The van der Waals surface area contributed by atoms with E-state index < -0.39 is 15.9 Å². The topological polar surface area (TPSA) is 98.8 Å². The molecule has 172 valence electrons. The average molecular weight is 459 g/mol. The van der Waals surface area contributed by atoms with Crippen LogP contribution in [0.15, 0.2) is 41.3 Å². The number of hydrogen-bond donors (Lipinski definition) is 2. The molecule has 3 rings (SSSR count). The monoisotopic (exact) mass is 458 g/mol. The quantitative estimate of drug-likeness (QED) is 0.689. The first-order chi connectivity index (χ1) is 15.1. The highest BCUT2D eigenvalue weighted by atomic mass is 32.2. The molecule has 9 heteroatoms. The highest BCUT2D eigenvalue weighted by molar-refractivity contribution is 7.89. The van der Waals surface area contributed by atoms with E-state index in [4.69, 9.17) is 0 Å². The molecular formula is C23H30N4O4S. The normalized spacial score (nSPS) is 15.4. The third kappa shape index (κ3) is 5.53. The summed E-state index contributed by atoms with van der Waals surface area (Å²) in [6, 6.07) is 9.87. The van der Waals surface area contributed by atoms with Gasteiger partial charge >= 0.3 is 0 Å². The SMILES string of the molecule is Cc1cc(C)c(NC(=O)CNC(=O)c2cccc(S(=O)(=O)N3CCN(C)CC3)c2)c(C)c1. The summed E-state index contributed by atoms with van der Waals surface area (Å²) in [5, 5.41) is 5.40. The van der Waals surface area contributed by atoms with Crippen LogP contribution in [0.5, 0.6) is 0 Å². The fourth-order valence-electron chi connectivity index (χ4n) is 3.80. The Morgan fingerprint density at radius 1 is 0.969 bits per heavy atom. The Morgan fingerprint density at radius 3 is 2.22 bits per heavy atom. The lowest BCUT2D eigenvalue weighted by atomic mass is 10.1. The number of benzene rings is 2. The number of sulfonamides is 1. The zero-order valence-corrected chi connectivity index (χ0v) is 19.8. The lowest BCUT2D eigenvalue weighted by Crippen LogP contribution is -2.47. The largest absolute Gasteiger partial charge is 0.343 e. The van der Waals surface area contributed by atoms with Crippen LogP contribution in [0.2, 0.25) is 0 Å². The van der Waals surface area contributed by atoms with Gasteiger partial charge in [-0.05, 0) is 57.1 Å². The molecule has 0 aliphatic carbocycles. The number of carbonyl (C=O) groups is 2. The molecule has 0 atom stereocenters. The summed E-state index contributed by atoms with van der Waals surface area (Å²) in [6.45, 7) is 7.75. The van der Waals surface area contributed by atoms with Gasteiger partial charge in [0, 0.05) is 37.4 Å². The van der Waals surface area contributed by atoms with Crippen LogP contribution in [-0.4, -0.2) is 69.2 Å². The van der Waals surface area contributed by atoms with Gasteiger partial charge in [-0.3, -0.25) is 9.59 Å². The number of rotatable bonds is 6. The van der Waals surface area contributed by atoms with E-state index in [9.17, 15) is 18.0 Å². The van der Waals surface area contributed by atoms with Gasteiger partial charge in [-0.2, -0.15) is 4.31 Å². The summed E-state index contributed by atoms with van der Waals surface area (Å²) in [5.41, 5.74) is 3.93. The van der Waals surface area contributed by atoms with Crippen molar-refractivity contribution >= 4 is 27.5 Å². The van der Waals surface area contributed by atoms with Crippen molar-refractivity contribution in [3.63, 3.8) is 0 Å². The van der Waals surface area contributed by atoms with Crippen LogP contribution >= 0.6 is 0 Å². The predicted octanol–water partition coefficient (Wildman–Crippen LogP) is 1.92. The van der Waals surface area contributed by atoms with Crippen molar-refractivity contribution in [2.75, 3.05) is 45.1 Å². The second-order valence-electron chi connectivity index (χ2n) is 8.24. The van der Waals surface area contributed by atoms with Crippen molar-refractivity contribution in [3.05, 3.63) is 58.7 Å². The molecule has 0 saturated carbocycles. The number of likely N-dealkylation sites (N-methyl/N-ethyl adjacent to an activating group) is 1. The minimum atomic E-state index is -3.68. The number of nitrogens with zero attached hydrogens (tertiary/aromatic N) is 2.